The van der Waals surface area contributed by atoms with Crippen LogP contribution in [0.5, 0.6) is 0 Å². The molecule has 6 aromatic heterocycles. The number of aliphatic hydroxyl groups excluding tert-OH is 1. The Morgan fingerprint density at radius 1 is 0.408 bits per heavy atom. The quantitative estimate of drug-likeness (QED) is 0.0315. The van der Waals surface area contributed by atoms with E-state index in [1.54, 1.807) is 19.0 Å². The summed E-state index contributed by atoms with van der Waals surface area (Å²) in [4.78, 5) is 88.0. The van der Waals surface area contributed by atoms with Crippen molar-refractivity contribution in [3.05, 3.63) is 245 Å². The maximum Gasteiger partial charge on any atom is 0.232 e. The monoisotopic (exact) mass is 1610 g/mol. The van der Waals surface area contributed by atoms with E-state index in [9.17, 15) is 10.2 Å². The van der Waals surface area contributed by atoms with Gasteiger partial charge in [-0.3, -0.25) is 4.90 Å². The topological polar surface area (TPSA) is 363 Å². The van der Waals surface area contributed by atoms with Crippen LogP contribution < -0.4 is 71.9 Å². The fourth-order valence-corrected chi connectivity index (χ4v) is 15.8. The number of benzene rings is 6. The van der Waals surface area contributed by atoms with E-state index >= 15 is 0 Å². The molecule has 5 saturated heterocycles. The molecule has 0 saturated carbocycles. The zero-order valence-corrected chi connectivity index (χ0v) is 68.1. The van der Waals surface area contributed by atoms with Gasteiger partial charge in [0.25, 0.3) is 0 Å². The number of β-amino-alcohol motifs (C(OH)–C–C–N with tert-alkyl or cyclic N) is 2. The fraction of sp³-hybridized carbons (Fsp3) is 0.352. The first-order valence-electron chi connectivity index (χ1n) is 41.4. The van der Waals surface area contributed by atoms with Crippen molar-refractivity contribution in [2.45, 2.75) is 64.5 Å². The smallest absolute Gasteiger partial charge is 0.232 e. The summed E-state index contributed by atoms with van der Waals surface area (Å²) in [6, 6.07) is 51.8. The average Bonchev–Trinajstić information content (AvgIpc) is 0.851. The number of aromatic nitrogens is 15. The lowest BCUT2D eigenvalue weighted by molar-refractivity contribution is 0.0449. The Bertz CT molecular complexity index is 5310. The van der Waals surface area contributed by atoms with Crippen molar-refractivity contribution in [2.24, 2.45) is 0 Å². The third kappa shape index (κ3) is 21.2. The molecule has 18 rings (SSSR count). The van der Waals surface area contributed by atoms with Crippen molar-refractivity contribution in [1.82, 2.24) is 85.0 Å². The predicted molar refractivity (Wildman–Crippen MR) is 473 cm³/mol. The fourth-order valence-electron chi connectivity index (χ4n) is 15.8. The van der Waals surface area contributed by atoms with Crippen molar-refractivity contribution in [3.63, 3.8) is 0 Å². The molecule has 0 spiro atoms. The number of aliphatic hydroxyl groups is 2. The second-order valence-electron chi connectivity index (χ2n) is 31.2. The van der Waals surface area contributed by atoms with Crippen molar-refractivity contribution < 1.29 is 10.2 Å². The van der Waals surface area contributed by atoms with E-state index < -0.39 is 5.60 Å². The van der Waals surface area contributed by atoms with Crippen LogP contribution in [0.4, 0.5) is 93.6 Å². The van der Waals surface area contributed by atoms with E-state index in [2.05, 4.69) is 234 Å². The molecule has 0 radical (unpaired) electrons. The largest absolute Gasteiger partial charge is 0.395 e. The lowest BCUT2D eigenvalue weighted by atomic mass is 9.95. The molecule has 0 aliphatic carbocycles. The zero-order chi connectivity index (χ0) is 82.0. The molecular formula is C88H104N30O2. The Hall–Kier alpha value is -13.2. The van der Waals surface area contributed by atoms with Crippen LogP contribution in [0.3, 0.4) is 0 Å². The maximum absolute atomic E-state index is 10.4. The lowest BCUT2D eigenvalue weighted by Gasteiger charge is -2.38. The third-order valence-electron chi connectivity index (χ3n) is 22.5. The molecule has 6 aliphatic heterocycles. The van der Waals surface area contributed by atoms with Crippen molar-refractivity contribution >= 4 is 93.6 Å². The van der Waals surface area contributed by atoms with E-state index in [0.717, 1.165) is 207 Å². The summed E-state index contributed by atoms with van der Waals surface area (Å²) in [5, 5.41) is 33.1. The highest BCUT2D eigenvalue weighted by atomic mass is 16.3. The molecule has 12 aromatic rings. The molecule has 6 aliphatic rings. The number of hydrogen-bond donors (Lipinski definition) is 8. The number of nitrogens with two attached hydrogens (primary N) is 2. The van der Waals surface area contributed by atoms with E-state index in [4.69, 9.17) is 21.4 Å². The molecule has 120 heavy (non-hydrogen) atoms. The van der Waals surface area contributed by atoms with Crippen molar-refractivity contribution in [2.75, 3.05) is 204 Å². The summed E-state index contributed by atoms with van der Waals surface area (Å²) >= 11 is 0. The van der Waals surface area contributed by atoms with E-state index in [-0.39, 0.29) is 6.61 Å². The Labute approximate surface area is 699 Å². The Morgan fingerprint density at radius 2 is 0.858 bits per heavy atom. The summed E-state index contributed by atoms with van der Waals surface area (Å²) in [6.07, 6.45) is 17.3. The Balaban J connectivity index is 0.000000134. The summed E-state index contributed by atoms with van der Waals surface area (Å²) in [5.41, 5.74) is 27.5. The van der Waals surface area contributed by atoms with Gasteiger partial charge in [0.1, 0.15) is 30.6 Å². The molecular weight excluding hydrogens is 1510 g/mol. The van der Waals surface area contributed by atoms with Crippen LogP contribution in [-0.4, -0.2) is 233 Å². The number of nitrogens with zero attached hydrogens (tertiary/aromatic N) is 24. The third-order valence-corrected chi connectivity index (χ3v) is 22.5. The molecule has 1 atom stereocenters. The first-order chi connectivity index (χ1) is 58.8. The van der Waals surface area contributed by atoms with Gasteiger partial charge in [-0.15, -0.1) is 0 Å². The molecule has 0 amide bonds. The molecule has 5 fully saturated rings. The van der Waals surface area contributed by atoms with E-state index in [0.29, 0.717) is 78.7 Å². The number of hydrogen-bond acceptors (Lipinski definition) is 32. The van der Waals surface area contributed by atoms with Crippen LogP contribution in [0.25, 0.3) is 0 Å². The molecule has 618 valence electrons. The number of anilines is 16. The molecule has 32 heteroatoms. The number of nitrogen functional groups attached to an aromatic ring is 2. The Kier molecular flexibility index (Phi) is 25.9. The molecule has 32 nitrogen and oxygen atoms in total. The summed E-state index contributed by atoms with van der Waals surface area (Å²) in [5.74, 6) is 6.63. The molecule has 0 bridgehead atoms. The van der Waals surface area contributed by atoms with E-state index in [1.807, 2.05) is 86.3 Å². The molecule has 12 heterocycles. The van der Waals surface area contributed by atoms with Gasteiger partial charge in [0.05, 0.1) is 12.2 Å². The van der Waals surface area contributed by atoms with Gasteiger partial charge in [0, 0.05) is 221 Å². The first-order valence-corrected chi connectivity index (χ1v) is 41.4. The van der Waals surface area contributed by atoms with Crippen LogP contribution in [-0.2, 0) is 32.2 Å². The van der Waals surface area contributed by atoms with Gasteiger partial charge in [-0.05, 0) is 127 Å². The number of nitrogens with one attached hydrogen (secondary N) is 4. The van der Waals surface area contributed by atoms with Crippen LogP contribution in [0.15, 0.2) is 195 Å². The molecule has 0 unspecified atom stereocenters. The highest BCUT2D eigenvalue weighted by molar-refractivity contribution is 5.66. The minimum atomic E-state index is -0.637. The van der Waals surface area contributed by atoms with Crippen LogP contribution in [0, 0.1) is 6.92 Å². The lowest BCUT2D eigenvalue weighted by Crippen LogP contribution is -2.47. The second-order valence-corrected chi connectivity index (χ2v) is 31.2. The van der Waals surface area contributed by atoms with Gasteiger partial charge in [0.2, 0.25) is 53.5 Å². The van der Waals surface area contributed by atoms with Gasteiger partial charge < -0.3 is 82.1 Å². The number of aryl methyl sites for hydroxylation is 1. The minimum Gasteiger partial charge on any atom is -0.395 e. The van der Waals surface area contributed by atoms with E-state index in [1.165, 1.54) is 33.5 Å². The summed E-state index contributed by atoms with van der Waals surface area (Å²) < 4.78 is 0. The van der Waals surface area contributed by atoms with Gasteiger partial charge in [-0.2, -0.15) is 24.9 Å². The van der Waals surface area contributed by atoms with Crippen LogP contribution in [0.2, 0.25) is 0 Å². The second kappa shape index (κ2) is 38.5. The number of rotatable bonds is 22. The first kappa shape index (κ1) is 80.6. The standard InChI is InChI=1S/C30H35N9O.C29H35N11.C29H34N10O/c1-30(40)12-5-13-39(21-30)26-10-8-25(9-11-26)35-27-33-22-34-29(36-27)38-16-14-37(15-17-38)28-31-19-24(20-32-28)18-23-6-3-2-4-7-23;1-21-17-24(38-11-9-31-10-12-38)7-8-25(21)35-27-33-20-34-29(37-27)40-15-13-39(14-16-40)28-32-19-23(26(30)36-28)18-22-5-3-2-4-6-22;30-26-23(16-21-4-2-1-3-5-21)18-31-28(35-26)38-10-12-39(13-11-38)29-33-20-32-27(36-29)34-25-7-6-22-8-9-37(14-15-40)19-24(22)17-25/h2-4,6-11,19-20,22,40H,5,12-18,21H2,1H3,(H,33,34,35,36);2-8,17,19-20,31H,9-16,18H2,1H3,(H2,30,32,36)(H,33,34,35,37);1-7,17-18,20,40H,8-16,19H2,(H2,30,31,35)(H,32,33,34,36)/t30-;;/m1../s1. The SMILES string of the molecule is C[C@@]1(O)CCCN(c2ccc(Nc3ncnc(N4CCN(c5ncc(Cc6ccccc6)cn5)CC4)n3)cc2)C1.Cc1cc(N2CCNCC2)ccc1Nc1ncnc(N2CCN(c3ncc(Cc4ccccc4)c(N)n3)CC2)n1.Nc1nc(N2CCN(c3ncnc(Nc4ccc5c(c4)CN(CCO)CC5)n3)CC2)ncc1Cc1ccccc1. The minimum absolute atomic E-state index is 0.178. The molecule has 6 aromatic carbocycles. The summed E-state index contributed by atoms with van der Waals surface area (Å²) in [7, 11) is 0. The summed E-state index contributed by atoms with van der Waals surface area (Å²) in [6.45, 7) is 21.4. The molecule has 10 N–H and O–H groups in total. The van der Waals surface area contributed by atoms with Crippen molar-refractivity contribution in [3.8, 4) is 0 Å². The maximum atomic E-state index is 10.4. The number of piperazine rings is 4. The van der Waals surface area contributed by atoms with Crippen LogP contribution >= 0.6 is 0 Å². The highest BCUT2D eigenvalue weighted by Gasteiger charge is 2.30. The highest BCUT2D eigenvalue weighted by Crippen LogP contribution is 2.32. The van der Waals surface area contributed by atoms with Gasteiger partial charge in [-0.25, -0.2) is 49.8 Å². The normalized spacial score (nSPS) is 17.0. The van der Waals surface area contributed by atoms with Gasteiger partial charge >= 0.3 is 0 Å². The van der Waals surface area contributed by atoms with Gasteiger partial charge in [-0.1, -0.05) is 97.1 Å². The Morgan fingerprint density at radius 3 is 1.34 bits per heavy atom. The number of piperidine rings is 1. The predicted octanol–water partition coefficient (Wildman–Crippen LogP) is 8.55. The van der Waals surface area contributed by atoms with Crippen LogP contribution in [0.1, 0.15) is 69.8 Å². The average molecular weight is 1610 g/mol. The number of fused-ring (bicyclic) bond motifs is 1. The van der Waals surface area contributed by atoms with Gasteiger partial charge in [0.15, 0.2) is 0 Å². The zero-order valence-electron chi connectivity index (χ0n) is 68.1. The van der Waals surface area contributed by atoms with Crippen molar-refractivity contribution in [1.29, 1.82) is 0 Å².